The molecule has 0 saturated carbocycles. The number of rotatable bonds is 78. The Morgan fingerprint density at radius 1 is 0.347 bits per heavy atom. The Morgan fingerprint density at radius 3 is 0.993 bits per heavy atom. The average Bonchev–Trinajstić information content (AvgIpc) is 1.25. The Kier molecular flexibility index (Phi) is 60.8. The second-order valence-corrected chi connectivity index (χ2v) is 37.4. The Hall–Kier alpha value is -10.5. The number of amides is 2. The maximum Gasteiger partial charge on any atom is 0.338 e. The van der Waals surface area contributed by atoms with Crippen LogP contribution in [-0.2, 0) is 85.4 Å². The molecule has 0 bridgehead atoms. The van der Waals surface area contributed by atoms with Gasteiger partial charge in [0.2, 0.25) is 11.8 Å². The fourth-order valence-corrected chi connectivity index (χ4v) is 17.4. The molecule has 3 aliphatic rings. The van der Waals surface area contributed by atoms with Crippen LogP contribution in [0, 0.1) is 0 Å². The molecule has 0 radical (unpaired) electrons. The number of nitrogens with zero attached hydrogens (tertiary/aromatic N) is 1. The summed E-state index contributed by atoms with van der Waals surface area (Å²) in [5, 5.41) is 29.6. The van der Waals surface area contributed by atoms with Crippen LogP contribution in [0.2, 0.25) is 0 Å². The van der Waals surface area contributed by atoms with Crippen molar-refractivity contribution in [1.29, 1.82) is 0 Å². The molecule has 0 aromatic heterocycles. The minimum atomic E-state index is -1.66. The monoisotopic (exact) mass is 2040 g/mol. The number of carbonyl (C=O) groups excluding carboxylic acids is 8. The Labute approximate surface area is 870 Å². The number of esters is 6. The van der Waals surface area contributed by atoms with Gasteiger partial charge in [-0.1, -0.05) is 262 Å². The van der Waals surface area contributed by atoms with Crippen molar-refractivity contribution in [3.8, 4) is 0 Å². The van der Waals surface area contributed by atoms with Gasteiger partial charge in [0.25, 0.3) is 0 Å². The maximum absolute atomic E-state index is 13.7. The van der Waals surface area contributed by atoms with E-state index in [2.05, 4.69) is 78.0 Å². The van der Waals surface area contributed by atoms with E-state index in [1.165, 1.54) is 127 Å². The molecule has 806 valence electrons. The van der Waals surface area contributed by atoms with Gasteiger partial charge < -0.3 is 102 Å². The first-order chi connectivity index (χ1) is 72.1. The number of ether oxygens (including phenoxy) is 16. The molecular formula is C118H163N3O26. The summed E-state index contributed by atoms with van der Waals surface area (Å²) in [7, 11) is 0. The van der Waals surface area contributed by atoms with E-state index in [0.29, 0.717) is 51.9 Å². The van der Waals surface area contributed by atoms with Gasteiger partial charge in [-0.2, -0.15) is 0 Å². The number of hydrogen-bond acceptors (Lipinski definition) is 27. The third kappa shape index (κ3) is 48.8. The first-order valence-electron chi connectivity index (χ1n) is 54.0. The number of aliphatic hydroxyl groups excluding tert-OH is 2. The van der Waals surface area contributed by atoms with Crippen LogP contribution in [-0.4, -0.2) is 255 Å². The first-order valence-corrected chi connectivity index (χ1v) is 54.0. The third-order valence-electron chi connectivity index (χ3n) is 25.6. The highest BCUT2D eigenvalue weighted by atomic mass is 16.8. The zero-order valence-corrected chi connectivity index (χ0v) is 86.7. The second kappa shape index (κ2) is 74.4. The summed E-state index contributed by atoms with van der Waals surface area (Å²) in [5.41, 5.74) is 1.23. The van der Waals surface area contributed by atoms with Crippen molar-refractivity contribution in [2.45, 2.75) is 305 Å². The van der Waals surface area contributed by atoms with Gasteiger partial charge in [0, 0.05) is 45.3 Å². The van der Waals surface area contributed by atoms with E-state index in [9.17, 15) is 48.6 Å². The highest BCUT2D eigenvalue weighted by Crippen LogP contribution is 2.37. The third-order valence-corrected chi connectivity index (χ3v) is 25.6. The molecule has 0 aliphatic carbocycles. The Bertz CT molecular complexity index is 4410. The lowest BCUT2D eigenvalue weighted by molar-refractivity contribution is -0.300. The number of nitrogens with one attached hydrogen (secondary N) is 2. The van der Waals surface area contributed by atoms with Gasteiger partial charge in [-0.05, 0) is 189 Å². The van der Waals surface area contributed by atoms with Gasteiger partial charge in [0.05, 0.1) is 112 Å². The quantitative estimate of drug-likeness (QED) is 0.0119. The molecule has 9 rings (SSSR count). The van der Waals surface area contributed by atoms with E-state index in [1.54, 1.807) is 158 Å². The zero-order chi connectivity index (χ0) is 104. The summed E-state index contributed by atoms with van der Waals surface area (Å²) in [6.45, 7) is 8.00. The van der Waals surface area contributed by atoms with E-state index in [0.717, 1.165) is 103 Å². The van der Waals surface area contributed by atoms with Crippen molar-refractivity contribution in [2.75, 3.05) is 119 Å². The predicted octanol–water partition coefficient (Wildman–Crippen LogP) is 20.0. The maximum atomic E-state index is 13.7. The number of unbranched alkanes of at least 4 members (excludes halogenated alkanes) is 22. The van der Waals surface area contributed by atoms with Crippen molar-refractivity contribution in [3.05, 3.63) is 264 Å². The second-order valence-electron chi connectivity index (χ2n) is 37.4. The molecule has 2 amide bonds. The molecule has 6 aromatic rings. The molecule has 29 heteroatoms. The number of benzene rings is 6. The standard InChI is InChI=1S/C118H163N3O26/c1-3-5-7-9-11-13-15-17-19-21-23-25-27-29-31-55-73-118(74-56-32-30-28-26-24-22-20-18-16-14-12-10-8-6-4-2)140-90-99(147-118)89-121(77-57-39-53-71-102(122)119-75-79-132-81-83-134-85-87-136-116-108(145-114(130)97-67-49-37-50-68-97)106(143-112(128)95-63-45-35-46-64-95)104(124)100(141-116)91-138-110(126)93-59-41-33-42-60-93)78-58-40-54-72-103(123)120-76-80-133-82-84-135-86-88-137-117-109(146-115(131)98-69-51-38-52-70-98)107(144-113(129)96-65-47-36-48-66-96)105(125)101(142-117)92-139-111(127)94-61-43-34-44-62-94/h11-14,17-20,33-38,41-52,59-70,99-101,104-109,116-117,124-125H,3-10,15-16,21-32,39-40,53-58,71-92H2,1-2H3,(H,119,122)(H,120,123)/b13-11-,14-12-,19-17-,20-18-/t99-,100?,101?,104+,105+,106?,107?,108?,109?,116-,117-/m0/s1. The molecule has 6 unspecified atom stereocenters. The SMILES string of the molecule is CCCCC/C=C\C/C=C\CCCCCCCCC1(CCCCCCCC/C=C\C/C=C\CCCCC)OC[C@H](CN(CCCCCC(=O)NCCOCCOCCO[C@H]2OC(COC(=O)c3ccccc3)[C@@H](O)C(OC(=O)c3ccccc3)C2OC(=O)c2ccccc2)CCCCCC(=O)NCCOCCOCCO[C@H]2OC(COC(=O)c3ccccc3)[C@@H](O)C(OC(=O)c3ccccc3)C2OC(=O)c2ccccc2)O1. The number of hydrogen-bond donors (Lipinski definition) is 4. The summed E-state index contributed by atoms with van der Waals surface area (Å²) < 4.78 is 96.9. The molecule has 3 aliphatic heterocycles. The van der Waals surface area contributed by atoms with Crippen molar-refractivity contribution >= 4 is 47.6 Å². The molecule has 6 aromatic carbocycles. The smallest absolute Gasteiger partial charge is 0.338 e. The normalized spacial score (nSPS) is 19.2. The molecular weight excluding hydrogens is 1880 g/mol. The van der Waals surface area contributed by atoms with Gasteiger partial charge in [-0.15, -0.1) is 0 Å². The zero-order valence-electron chi connectivity index (χ0n) is 86.7. The molecule has 147 heavy (non-hydrogen) atoms. The summed E-state index contributed by atoms with van der Waals surface area (Å²) in [5.74, 6) is -5.36. The predicted molar refractivity (Wildman–Crippen MR) is 561 cm³/mol. The lowest BCUT2D eigenvalue weighted by Gasteiger charge is -2.43. The molecule has 29 nitrogen and oxygen atoms in total. The Morgan fingerprint density at radius 2 is 0.646 bits per heavy atom. The number of aliphatic hydroxyl groups is 2. The van der Waals surface area contributed by atoms with Gasteiger partial charge in [-0.3, -0.25) is 9.59 Å². The van der Waals surface area contributed by atoms with Crippen LogP contribution in [0.15, 0.2) is 231 Å². The molecule has 3 saturated heterocycles. The highest BCUT2D eigenvalue weighted by Gasteiger charge is 2.53. The van der Waals surface area contributed by atoms with Crippen molar-refractivity contribution in [1.82, 2.24) is 15.5 Å². The van der Waals surface area contributed by atoms with Crippen molar-refractivity contribution in [3.63, 3.8) is 0 Å². The minimum absolute atomic E-state index is 0.0205. The number of carbonyl (C=O) groups is 8. The van der Waals surface area contributed by atoms with Crippen LogP contribution in [0.5, 0.6) is 0 Å². The topological polar surface area (TPSA) is 352 Å². The fourth-order valence-electron chi connectivity index (χ4n) is 17.4. The van der Waals surface area contributed by atoms with Gasteiger partial charge in [0.1, 0.15) is 37.6 Å². The Balaban J connectivity index is 0.718. The summed E-state index contributed by atoms with van der Waals surface area (Å²) in [6.07, 6.45) is 39.1. The van der Waals surface area contributed by atoms with Crippen LogP contribution in [0.25, 0.3) is 0 Å². The van der Waals surface area contributed by atoms with Gasteiger partial charge >= 0.3 is 35.8 Å². The average molecular weight is 2040 g/mol. The molecule has 11 atom stereocenters. The molecule has 3 fully saturated rings. The van der Waals surface area contributed by atoms with Crippen LogP contribution in [0.1, 0.15) is 294 Å². The summed E-state index contributed by atoms with van der Waals surface area (Å²) in [4.78, 5) is 110. The van der Waals surface area contributed by atoms with Gasteiger partial charge in [0.15, 0.2) is 42.8 Å². The van der Waals surface area contributed by atoms with Crippen LogP contribution >= 0.6 is 0 Å². The van der Waals surface area contributed by atoms with E-state index in [4.69, 9.17) is 75.8 Å². The van der Waals surface area contributed by atoms with E-state index < -0.39 is 116 Å². The summed E-state index contributed by atoms with van der Waals surface area (Å²) in [6, 6.07) is 49.0. The lowest BCUT2D eigenvalue weighted by Crippen LogP contribution is -2.62. The van der Waals surface area contributed by atoms with Crippen LogP contribution < -0.4 is 10.6 Å². The minimum Gasteiger partial charge on any atom is -0.459 e. The van der Waals surface area contributed by atoms with Gasteiger partial charge in [-0.25, -0.2) is 28.8 Å². The molecule has 4 N–H and O–H groups in total. The fraction of sp³-hybridized carbons (Fsp3) is 0.559. The van der Waals surface area contributed by atoms with Crippen LogP contribution in [0.4, 0.5) is 0 Å². The molecule has 0 spiro atoms. The largest absolute Gasteiger partial charge is 0.459 e. The summed E-state index contributed by atoms with van der Waals surface area (Å²) >= 11 is 0. The lowest BCUT2D eigenvalue weighted by atomic mass is 9.98. The number of allylic oxidation sites excluding steroid dienone is 8. The molecule has 3 heterocycles. The van der Waals surface area contributed by atoms with E-state index in [-0.39, 0.29) is 117 Å². The van der Waals surface area contributed by atoms with Crippen molar-refractivity contribution in [2.24, 2.45) is 0 Å². The van der Waals surface area contributed by atoms with E-state index in [1.807, 2.05) is 0 Å². The van der Waals surface area contributed by atoms with Crippen molar-refractivity contribution < 1.29 is 124 Å². The highest BCUT2D eigenvalue weighted by molar-refractivity contribution is 5.92. The van der Waals surface area contributed by atoms with Crippen LogP contribution in [0.3, 0.4) is 0 Å². The van der Waals surface area contributed by atoms with E-state index >= 15 is 0 Å². The first kappa shape index (κ1) is 120.